The van der Waals surface area contributed by atoms with Gasteiger partial charge in [-0.1, -0.05) is 196 Å². The Bertz CT molecular complexity index is 1140. The fourth-order valence-corrected chi connectivity index (χ4v) is 4.43. The van der Waals surface area contributed by atoms with Crippen LogP contribution < -0.4 is 5.32 Å². The van der Waals surface area contributed by atoms with E-state index in [4.69, 9.17) is 6.42 Å². The largest absolute Gasteiger partial charge is 0.313 e. The van der Waals surface area contributed by atoms with Gasteiger partial charge in [0.05, 0.1) is 0 Å². The average molecular weight is 704 g/mol. The first-order valence-electron chi connectivity index (χ1n) is 21.0. The molecule has 0 heterocycles. The number of benzene rings is 3. The molecule has 1 nitrogen and oxygen atoms in total. The van der Waals surface area contributed by atoms with Crippen LogP contribution in [0.2, 0.25) is 0 Å². The predicted octanol–water partition coefficient (Wildman–Crippen LogP) is 16.0. The fraction of sp³-hybridized carbons (Fsp3) is 0.600. The molecule has 0 aliphatic carbocycles. The molecule has 0 aliphatic heterocycles. The lowest BCUT2D eigenvalue weighted by Gasteiger charge is -2.11. The number of nitrogens with one attached hydrogen (secondary N) is 1. The standard InChI is InChI=1S/C16H23N.C11H16.C9H12.2C4H10.3C2H6/c1-4-8-14(3)11-12-17-13-16-10-7-6-9-15(16)5-2;1-5-11-7-9(3)8(2)6-10(11)4;1-3-9-7-5-4-6-8(9)2;2*1-3-4-2;3*1-2/h2,6-7,9-10,14,17H,4,8,11-13H2,1,3H3;6-7H,5H2,1-4H3;4-7H,3H2,1-2H3;2*3-4H2,1-2H3;3*1-2H3. The van der Waals surface area contributed by atoms with Gasteiger partial charge in [0.1, 0.15) is 0 Å². The van der Waals surface area contributed by atoms with E-state index in [0.29, 0.717) is 0 Å². The van der Waals surface area contributed by atoms with Crippen LogP contribution in [0.15, 0.2) is 60.7 Å². The van der Waals surface area contributed by atoms with Crippen LogP contribution >= 0.6 is 0 Å². The van der Waals surface area contributed by atoms with Crippen molar-refractivity contribution in [1.82, 2.24) is 5.32 Å². The van der Waals surface area contributed by atoms with Crippen LogP contribution in [0.4, 0.5) is 0 Å². The van der Waals surface area contributed by atoms with Gasteiger partial charge in [-0.3, -0.25) is 0 Å². The maximum Gasteiger partial charge on any atom is 0.0287 e. The third kappa shape index (κ3) is 34.1. The van der Waals surface area contributed by atoms with E-state index in [2.05, 4.69) is 137 Å². The van der Waals surface area contributed by atoms with E-state index in [1.807, 2.05) is 59.7 Å². The molecule has 0 saturated heterocycles. The van der Waals surface area contributed by atoms with Crippen molar-refractivity contribution in [1.29, 1.82) is 0 Å². The SMILES string of the molecule is C#Cc1ccccc1CNCCC(C)CCC.CC.CC.CC.CCCC.CCCC.CCc1cc(C)c(C)cc1C.CCc1ccccc1C. The van der Waals surface area contributed by atoms with Crippen LogP contribution in [0.5, 0.6) is 0 Å². The summed E-state index contributed by atoms with van der Waals surface area (Å²) in [5, 5.41) is 3.47. The Labute approximate surface area is 323 Å². The zero-order valence-electron chi connectivity index (χ0n) is 37.7. The lowest BCUT2D eigenvalue weighted by atomic mass is 9.99. The second kappa shape index (κ2) is 45.2. The summed E-state index contributed by atoms with van der Waals surface area (Å²) in [5.41, 5.74) is 10.8. The van der Waals surface area contributed by atoms with Crippen molar-refractivity contribution in [2.24, 2.45) is 5.92 Å². The molecular formula is C50H89N. The normalized spacial score (nSPS) is 9.43. The van der Waals surface area contributed by atoms with Gasteiger partial charge in [0.25, 0.3) is 0 Å². The first kappa shape index (κ1) is 57.5. The lowest BCUT2D eigenvalue weighted by molar-refractivity contribution is 0.465. The maximum absolute atomic E-state index is 5.46. The van der Waals surface area contributed by atoms with Crippen LogP contribution in [0, 0.1) is 46.0 Å². The van der Waals surface area contributed by atoms with Crippen molar-refractivity contribution < 1.29 is 0 Å². The molecule has 51 heavy (non-hydrogen) atoms. The summed E-state index contributed by atoms with van der Waals surface area (Å²) in [6, 6.07) is 21.2. The molecule has 294 valence electrons. The molecule has 1 N–H and O–H groups in total. The minimum atomic E-state index is 0.815. The van der Waals surface area contributed by atoms with E-state index in [0.717, 1.165) is 37.4 Å². The molecule has 0 aromatic heterocycles. The third-order valence-electron chi connectivity index (χ3n) is 8.06. The summed E-state index contributed by atoms with van der Waals surface area (Å²) in [5.74, 6) is 3.54. The molecular weight excluding hydrogens is 615 g/mol. The second-order valence-electron chi connectivity index (χ2n) is 12.2. The molecule has 1 atom stereocenters. The monoisotopic (exact) mass is 704 g/mol. The first-order chi connectivity index (χ1) is 24.6. The highest BCUT2D eigenvalue weighted by Crippen LogP contribution is 2.15. The number of hydrogen-bond donors (Lipinski definition) is 1. The molecule has 3 aromatic carbocycles. The molecule has 0 aliphatic rings. The Morgan fingerprint density at radius 2 is 0.980 bits per heavy atom. The van der Waals surface area contributed by atoms with E-state index in [9.17, 15) is 0 Å². The third-order valence-corrected chi connectivity index (χ3v) is 8.06. The zero-order chi connectivity index (χ0) is 40.5. The summed E-state index contributed by atoms with van der Waals surface area (Å²) in [4.78, 5) is 0. The van der Waals surface area contributed by atoms with Gasteiger partial charge in [0.15, 0.2) is 0 Å². The van der Waals surface area contributed by atoms with E-state index in [-0.39, 0.29) is 0 Å². The van der Waals surface area contributed by atoms with Gasteiger partial charge in [0, 0.05) is 12.1 Å². The zero-order valence-corrected chi connectivity index (χ0v) is 37.7. The van der Waals surface area contributed by atoms with E-state index >= 15 is 0 Å². The van der Waals surface area contributed by atoms with Crippen molar-refractivity contribution in [3.05, 3.63) is 105 Å². The first-order valence-corrected chi connectivity index (χ1v) is 21.0. The molecule has 0 bridgehead atoms. The van der Waals surface area contributed by atoms with Crippen molar-refractivity contribution in [3.63, 3.8) is 0 Å². The Morgan fingerprint density at radius 1 is 0.529 bits per heavy atom. The molecule has 0 spiro atoms. The van der Waals surface area contributed by atoms with Crippen molar-refractivity contribution in [2.45, 2.75) is 189 Å². The van der Waals surface area contributed by atoms with E-state index in [1.54, 1.807) is 0 Å². The second-order valence-corrected chi connectivity index (χ2v) is 12.2. The molecule has 3 aromatic rings. The summed E-state index contributed by atoms with van der Waals surface area (Å²) >= 11 is 0. The lowest BCUT2D eigenvalue weighted by Crippen LogP contribution is -2.17. The van der Waals surface area contributed by atoms with Gasteiger partial charge in [-0.15, -0.1) is 6.42 Å². The Morgan fingerprint density at radius 3 is 1.39 bits per heavy atom. The molecule has 0 saturated carbocycles. The van der Waals surface area contributed by atoms with E-state index in [1.165, 1.54) is 83.9 Å². The average Bonchev–Trinajstić information content (AvgIpc) is 3.18. The van der Waals surface area contributed by atoms with Crippen molar-refractivity contribution in [3.8, 4) is 12.3 Å². The predicted molar refractivity (Wildman–Crippen MR) is 241 cm³/mol. The van der Waals surface area contributed by atoms with Crippen LogP contribution in [-0.4, -0.2) is 6.54 Å². The summed E-state index contributed by atoms with van der Waals surface area (Å²) in [6.45, 7) is 40.3. The van der Waals surface area contributed by atoms with Crippen LogP contribution in [0.3, 0.4) is 0 Å². The van der Waals surface area contributed by atoms with Crippen LogP contribution in [0.25, 0.3) is 0 Å². The molecule has 0 fully saturated rings. The Balaban J connectivity index is -0.000000181. The van der Waals surface area contributed by atoms with Gasteiger partial charge in [-0.05, 0) is 104 Å². The highest BCUT2D eigenvalue weighted by Gasteiger charge is 2.02. The number of aryl methyl sites for hydroxylation is 6. The minimum Gasteiger partial charge on any atom is -0.313 e. The number of hydrogen-bond acceptors (Lipinski definition) is 1. The van der Waals surface area contributed by atoms with Crippen LogP contribution in [0.1, 0.15) is 186 Å². The molecule has 3 rings (SSSR count). The Hall–Kier alpha value is -2.82. The highest BCUT2D eigenvalue weighted by molar-refractivity contribution is 5.39. The summed E-state index contributed by atoms with van der Waals surface area (Å²) in [6.07, 6.45) is 16.9. The molecule has 1 unspecified atom stereocenters. The smallest absolute Gasteiger partial charge is 0.0287 e. The molecule has 0 amide bonds. The van der Waals surface area contributed by atoms with E-state index < -0.39 is 0 Å². The van der Waals surface area contributed by atoms with Gasteiger partial charge >= 0.3 is 0 Å². The highest BCUT2D eigenvalue weighted by atomic mass is 14.8. The molecule has 0 radical (unpaired) electrons. The summed E-state index contributed by atoms with van der Waals surface area (Å²) < 4.78 is 0. The topological polar surface area (TPSA) is 12.0 Å². The summed E-state index contributed by atoms with van der Waals surface area (Å²) in [7, 11) is 0. The quantitative estimate of drug-likeness (QED) is 0.155. The van der Waals surface area contributed by atoms with Gasteiger partial charge < -0.3 is 5.32 Å². The number of terminal acetylenes is 1. The van der Waals surface area contributed by atoms with Gasteiger partial charge in [0.2, 0.25) is 0 Å². The molecule has 1 heteroatoms. The number of rotatable bonds is 11. The number of unbranched alkanes of at least 4 members (excludes halogenated alkanes) is 2. The van der Waals surface area contributed by atoms with Gasteiger partial charge in [-0.2, -0.15) is 0 Å². The van der Waals surface area contributed by atoms with Crippen molar-refractivity contribution in [2.75, 3.05) is 6.54 Å². The van der Waals surface area contributed by atoms with Gasteiger partial charge in [-0.25, -0.2) is 0 Å². The fourth-order valence-electron chi connectivity index (χ4n) is 4.43. The maximum atomic E-state index is 5.46. The van der Waals surface area contributed by atoms with Crippen LogP contribution in [-0.2, 0) is 19.4 Å². The van der Waals surface area contributed by atoms with Crippen molar-refractivity contribution >= 4 is 0 Å². The minimum absolute atomic E-state index is 0.815. The Kier molecular flexibility index (Phi) is 51.0.